The highest BCUT2D eigenvalue weighted by Gasteiger charge is 2.00. The van der Waals surface area contributed by atoms with Gasteiger partial charge in [0.25, 0.3) is 0 Å². The molecule has 0 unspecified atom stereocenters. The molecule has 0 bridgehead atoms. The Morgan fingerprint density at radius 3 is 1.84 bits per heavy atom. The molecule has 25 heavy (non-hydrogen) atoms. The van der Waals surface area contributed by atoms with Gasteiger partial charge in [0.2, 0.25) is 5.91 Å². The smallest absolute Gasteiger partial charge is 0.317 e. The SMILES string of the molecule is CCCCCCNC(=O)CCCCCCCCCCCNCC(=O)O. The maximum atomic E-state index is 11.6. The number of carboxylic acids is 1. The Kier molecular flexibility index (Phi) is 18.4. The van der Waals surface area contributed by atoms with Gasteiger partial charge < -0.3 is 15.7 Å². The monoisotopic (exact) mass is 356 g/mol. The number of hydrogen-bond acceptors (Lipinski definition) is 3. The zero-order valence-electron chi connectivity index (χ0n) is 16.3. The van der Waals surface area contributed by atoms with E-state index in [4.69, 9.17) is 5.11 Å². The van der Waals surface area contributed by atoms with Crippen molar-refractivity contribution in [2.75, 3.05) is 19.6 Å². The van der Waals surface area contributed by atoms with Crippen molar-refractivity contribution in [3.05, 3.63) is 0 Å². The van der Waals surface area contributed by atoms with Gasteiger partial charge in [-0.25, -0.2) is 0 Å². The fourth-order valence-corrected chi connectivity index (χ4v) is 2.84. The van der Waals surface area contributed by atoms with Gasteiger partial charge in [-0.15, -0.1) is 0 Å². The summed E-state index contributed by atoms with van der Waals surface area (Å²) in [5.41, 5.74) is 0. The third kappa shape index (κ3) is 20.9. The van der Waals surface area contributed by atoms with Gasteiger partial charge in [-0.05, 0) is 25.8 Å². The Morgan fingerprint density at radius 1 is 0.720 bits per heavy atom. The standard InChI is InChI=1S/C20H40N2O3/c1-2-3-4-14-17-22-19(23)15-12-10-8-6-5-7-9-11-13-16-21-18-20(24)25/h21H,2-18H2,1H3,(H,22,23)(H,24,25). The number of rotatable bonds is 19. The number of carbonyl (C=O) groups is 2. The zero-order chi connectivity index (χ0) is 18.6. The van der Waals surface area contributed by atoms with E-state index in [2.05, 4.69) is 17.6 Å². The number of hydrogen-bond donors (Lipinski definition) is 3. The molecule has 0 aromatic rings. The Balaban J connectivity index is 3.13. The minimum atomic E-state index is -0.788. The Hall–Kier alpha value is -1.10. The Labute approximate surface area is 154 Å². The molecule has 0 aliphatic carbocycles. The third-order valence-electron chi connectivity index (χ3n) is 4.39. The van der Waals surface area contributed by atoms with E-state index in [1.54, 1.807) is 0 Å². The van der Waals surface area contributed by atoms with Crippen molar-refractivity contribution in [3.63, 3.8) is 0 Å². The van der Waals surface area contributed by atoms with Crippen LogP contribution in [0, 0.1) is 0 Å². The summed E-state index contributed by atoms with van der Waals surface area (Å²) < 4.78 is 0. The second-order valence-corrected chi connectivity index (χ2v) is 6.91. The van der Waals surface area contributed by atoms with Crippen LogP contribution in [0.25, 0.3) is 0 Å². The van der Waals surface area contributed by atoms with Gasteiger partial charge in [0.05, 0.1) is 6.54 Å². The molecule has 0 radical (unpaired) electrons. The molecular formula is C20H40N2O3. The van der Waals surface area contributed by atoms with Crippen molar-refractivity contribution >= 4 is 11.9 Å². The topological polar surface area (TPSA) is 78.4 Å². The van der Waals surface area contributed by atoms with Crippen LogP contribution in [0.5, 0.6) is 0 Å². The van der Waals surface area contributed by atoms with E-state index < -0.39 is 5.97 Å². The van der Waals surface area contributed by atoms with Crippen LogP contribution < -0.4 is 10.6 Å². The summed E-state index contributed by atoms with van der Waals surface area (Å²) in [4.78, 5) is 22.0. The Bertz CT molecular complexity index is 322. The predicted molar refractivity (Wildman–Crippen MR) is 104 cm³/mol. The average molecular weight is 357 g/mol. The lowest BCUT2D eigenvalue weighted by Crippen LogP contribution is -2.23. The maximum absolute atomic E-state index is 11.6. The lowest BCUT2D eigenvalue weighted by Gasteiger charge is -2.05. The van der Waals surface area contributed by atoms with Crippen molar-refractivity contribution < 1.29 is 14.7 Å². The number of nitrogens with one attached hydrogen (secondary N) is 2. The van der Waals surface area contributed by atoms with E-state index in [1.165, 1.54) is 57.8 Å². The first-order valence-electron chi connectivity index (χ1n) is 10.4. The fourth-order valence-electron chi connectivity index (χ4n) is 2.84. The molecule has 0 aromatic carbocycles. The lowest BCUT2D eigenvalue weighted by molar-refractivity contribution is -0.136. The van der Waals surface area contributed by atoms with E-state index in [0.717, 1.165) is 38.8 Å². The summed E-state index contributed by atoms with van der Waals surface area (Å²) in [5, 5.41) is 14.4. The number of carboxylic acid groups (broad SMARTS) is 1. The summed E-state index contributed by atoms with van der Waals surface area (Å²) in [6.45, 7) is 3.90. The van der Waals surface area contributed by atoms with Gasteiger partial charge in [-0.1, -0.05) is 71.1 Å². The van der Waals surface area contributed by atoms with E-state index >= 15 is 0 Å². The van der Waals surface area contributed by atoms with Crippen LogP contribution in [-0.2, 0) is 9.59 Å². The van der Waals surface area contributed by atoms with Crippen molar-refractivity contribution in [1.82, 2.24) is 10.6 Å². The summed E-state index contributed by atoms with van der Waals surface area (Å²) in [6, 6.07) is 0. The largest absolute Gasteiger partial charge is 0.480 e. The van der Waals surface area contributed by atoms with Crippen LogP contribution in [0.4, 0.5) is 0 Å². The summed E-state index contributed by atoms with van der Waals surface area (Å²) in [7, 11) is 0. The first kappa shape index (κ1) is 23.9. The van der Waals surface area contributed by atoms with Crippen molar-refractivity contribution in [2.45, 2.75) is 96.8 Å². The number of amides is 1. The van der Waals surface area contributed by atoms with Crippen LogP contribution in [0.15, 0.2) is 0 Å². The highest BCUT2D eigenvalue weighted by molar-refractivity contribution is 5.75. The van der Waals surface area contributed by atoms with Gasteiger partial charge in [0.1, 0.15) is 0 Å². The lowest BCUT2D eigenvalue weighted by atomic mass is 10.1. The zero-order valence-corrected chi connectivity index (χ0v) is 16.3. The Morgan fingerprint density at radius 2 is 1.24 bits per heavy atom. The highest BCUT2D eigenvalue weighted by Crippen LogP contribution is 2.10. The fraction of sp³-hybridized carbons (Fsp3) is 0.900. The molecule has 0 heterocycles. The molecule has 1 amide bonds. The molecule has 0 aromatic heterocycles. The first-order chi connectivity index (χ1) is 12.2. The molecule has 148 valence electrons. The number of unbranched alkanes of at least 4 members (excludes halogenated alkanes) is 11. The normalized spacial score (nSPS) is 10.8. The molecule has 0 spiro atoms. The molecule has 0 rings (SSSR count). The van der Waals surface area contributed by atoms with Crippen LogP contribution >= 0.6 is 0 Å². The van der Waals surface area contributed by atoms with Crippen molar-refractivity contribution in [3.8, 4) is 0 Å². The van der Waals surface area contributed by atoms with Crippen molar-refractivity contribution in [2.24, 2.45) is 0 Å². The van der Waals surface area contributed by atoms with Gasteiger partial charge in [-0.2, -0.15) is 0 Å². The molecule has 0 atom stereocenters. The summed E-state index contributed by atoms with van der Waals surface area (Å²) in [6.07, 6.45) is 16.1. The summed E-state index contributed by atoms with van der Waals surface area (Å²) >= 11 is 0. The molecule has 5 heteroatoms. The molecule has 5 nitrogen and oxygen atoms in total. The van der Waals surface area contributed by atoms with Crippen molar-refractivity contribution in [1.29, 1.82) is 0 Å². The number of aliphatic carboxylic acids is 1. The summed E-state index contributed by atoms with van der Waals surface area (Å²) in [5.74, 6) is -0.572. The molecule has 0 saturated heterocycles. The second-order valence-electron chi connectivity index (χ2n) is 6.91. The molecule has 0 aliphatic heterocycles. The minimum Gasteiger partial charge on any atom is -0.480 e. The van der Waals surface area contributed by atoms with Crippen LogP contribution in [-0.4, -0.2) is 36.6 Å². The minimum absolute atomic E-state index is 0.0663. The van der Waals surface area contributed by atoms with E-state index in [1.807, 2.05) is 0 Å². The van der Waals surface area contributed by atoms with E-state index in [9.17, 15) is 9.59 Å². The van der Waals surface area contributed by atoms with E-state index in [-0.39, 0.29) is 12.5 Å². The molecular weight excluding hydrogens is 316 g/mol. The quantitative estimate of drug-likeness (QED) is 0.302. The van der Waals surface area contributed by atoms with Crippen LogP contribution in [0.2, 0.25) is 0 Å². The molecule has 0 saturated carbocycles. The third-order valence-corrected chi connectivity index (χ3v) is 4.39. The van der Waals surface area contributed by atoms with Gasteiger partial charge in [0.15, 0.2) is 0 Å². The molecule has 0 fully saturated rings. The van der Waals surface area contributed by atoms with Gasteiger partial charge >= 0.3 is 5.97 Å². The van der Waals surface area contributed by atoms with Gasteiger partial charge in [0, 0.05) is 13.0 Å². The maximum Gasteiger partial charge on any atom is 0.317 e. The van der Waals surface area contributed by atoms with Crippen LogP contribution in [0.1, 0.15) is 96.8 Å². The first-order valence-corrected chi connectivity index (χ1v) is 10.4. The molecule has 0 aliphatic rings. The van der Waals surface area contributed by atoms with Gasteiger partial charge in [-0.3, -0.25) is 9.59 Å². The average Bonchev–Trinajstić information content (AvgIpc) is 2.58. The second kappa shape index (κ2) is 19.2. The predicted octanol–water partition coefficient (Wildman–Crippen LogP) is 4.26. The van der Waals surface area contributed by atoms with Crippen LogP contribution in [0.3, 0.4) is 0 Å². The molecule has 3 N–H and O–H groups in total. The van der Waals surface area contributed by atoms with E-state index in [0.29, 0.717) is 6.42 Å². The highest BCUT2D eigenvalue weighted by atomic mass is 16.4. The number of carbonyl (C=O) groups excluding carboxylic acids is 1.